The maximum atomic E-state index is 12.6. The first-order valence-electron chi connectivity index (χ1n) is 8.52. The summed E-state index contributed by atoms with van der Waals surface area (Å²) in [5.41, 5.74) is 0.0334. The lowest BCUT2D eigenvalue weighted by Gasteiger charge is -2.19. The smallest absolute Gasteiger partial charge is 0.316 e. The molecule has 0 N–H and O–H groups in total. The zero-order valence-corrected chi connectivity index (χ0v) is 16.3. The second-order valence-electron chi connectivity index (χ2n) is 6.23. The molecule has 2 aromatic carbocycles. The largest absolute Gasteiger partial charge is 0.496 e. The molecule has 1 saturated heterocycles. The summed E-state index contributed by atoms with van der Waals surface area (Å²) >= 11 is 6.02. The molecule has 29 heavy (non-hydrogen) atoms. The number of benzene rings is 2. The van der Waals surface area contributed by atoms with E-state index in [1.54, 1.807) is 18.2 Å². The number of nitro benzene ring substituents is 1. The number of methoxy groups -OCH3 is 2. The number of carbonyl (C=O) groups excluding carboxylic acids is 2. The van der Waals surface area contributed by atoms with Crippen molar-refractivity contribution in [2.45, 2.75) is 6.42 Å². The zero-order valence-electron chi connectivity index (χ0n) is 15.6. The minimum Gasteiger partial charge on any atom is -0.496 e. The lowest BCUT2D eigenvalue weighted by Crippen LogP contribution is -2.27. The minimum absolute atomic E-state index is 0.0400. The van der Waals surface area contributed by atoms with Crippen molar-refractivity contribution in [1.29, 1.82) is 0 Å². The number of halogens is 1. The van der Waals surface area contributed by atoms with Crippen molar-refractivity contribution in [3.8, 4) is 17.2 Å². The Hall–Kier alpha value is -3.33. The fourth-order valence-electron chi connectivity index (χ4n) is 3.02. The van der Waals surface area contributed by atoms with Gasteiger partial charge in [-0.3, -0.25) is 19.7 Å². The Labute approximate surface area is 170 Å². The number of nitro groups is 1. The lowest BCUT2D eigenvalue weighted by atomic mass is 10.1. The first kappa shape index (κ1) is 20.4. The van der Waals surface area contributed by atoms with Crippen LogP contribution >= 0.6 is 11.6 Å². The third kappa shape index (κ3) is 4.24. The highest BCUT2D eigenvalue weighted by atomic mass is 35.5. The molecule has 1 heterocycles. The Bertz CT molecular complexity index is 979. The van der Waals surface area contributed by atoms with Gasteiger partial charge < -0.3 is 19.1 Å². The minimum atomic E-state index is -0.798. The molecule has 1 unspecified atom stereocenters. The van der Waals surface area contributed by atoms with Crippen LogP contribution in [0.1, 0.15) is 6.42 Å². The molecule has 0 saturated carbocycles. The van der Waals surface area contributed by atoms with Crippen molar-refractivity contribution in [3.63, 3.8) is 0 Å². The van der Waals surface area contributed by atoms with E-state index in [9.17, 15) is 19.7 Å². The molecule has 0 radical (unpaired) electrons. The highest BCUT2D eigenvalue weighted by molar-refractivity contribution is 6.31. The van der Waals surface area contributed by atoms with Crippen LogP contribution in [0, 0.1) is 16.0 Å². The van der Waals surface area contributed by atoms with Crippen LogP contribution in [-0.2, 0) is 9.59 Å². The molecule has 1 aliphatic heterocycles. The Morgan fingerprint density at radius 2 is 1.90 bits per heavy atom. The van der Waals surface area contributed by atoms with Crippen LogP contribution in [0.2, 0.25) is 5.02 Å². The molecule has 1 amide bonds. The highest BCUT2D eigenvalue weighted by Gasteiger charge is 2.38. The molecule has 9 nitrogen and oxygen atoms in total. The molecule has 2 aromatic rings. The first-order valence-corrected chi connectivity index (χ1v) is 8.90. The Kier molecular flexibility index (Phi) is 5.88. The van der Waals surface area contributed by atoms with E-state index in [1.165, 1.54) is 31.3 Å². The van der Waals surface area contributed by atoms with Crippen LogP contribution in [0.15, 0.2) is 36.4 Å². The average Bonchev–Trinajstić information content (AvgIpc) is 3.09. The van der Waals surface area contributed by atoms with Crippen molar-refractivity contribution in [3.05, 3.63) is 51.5 Å². The van der Waals surface area contributed by atoms with Crippen molar-refractivity contribution in [2.75, 3.05) is 25.7 Å². The Balaban J connectivity index is 1.80. The molecule has 1 atom stereocenters. The van der Waals surface area contributed by atoms with Crippen LogP contribution in [0.3, 0.4) is 0 Å². The summed E-state index contributed by atoms with van der Waals surface area (Å²) in [6.07, 6.45) is -0.0988. The van der Waals surface area contributed by atoms with Crippen LogP contribution in [0.25, 0.3) is 0 Å². The number of carbonyl (C=O) groups is 2. The first-order chi connectivity index (χ1) is 13.8. The van der Waals surface area contributed by atoms with Crippen LogP contribution in [-0.4, -0.2) is 37.6 Å². The fraction of sp³-hybridized carbons (Fsp3) is 0.263. The van der Waals surface area contributed by atoms with Gasteiger partial charge in [-0.05, 0) is 30.3 Å². The SMILES string of the molecule is COc1ccc(OC(=O)C2CC(=O)N(c3cc(Cl)ccc3OC)C2)c([N+](=O)[O-])c1. The number of amides is 1. The van der Waals surface area contributed by atoms with Gasteiger partial charge >= 0.3 is 11.7 Å². The summed E-state index contributed by atoms with van der Waals surface area (Å²) in [6.45, 7) is 0.0400. The van der Waals surface area contributed by atoms with E-state index in [2.05, 4.69) is 0 Å². The molecule has 0 aromatic heterocycles. The second-order valence-corrected chi connectivity index (χ2v) is 6.67. The normalized spacial score (nSPS) is 15.9. The number of hydrogen-bond acceptors (Lipinski definition) is 7. The van der Waals surface area contributed by atoms with Gasteiger partial charge in [0.2, 0.25) is 11.7 Å². The van der Waals surface area contributed by atoms with Gasteiger partial charge in [-0.2, -0.15) is 0 Å². The van der Waals surface area contributed by atoms with Gasteiger partial charge in [-0.15, -0.1) is 0 Å². The molecular formula is C19H17ClN2O7. The maximum Gasteiger partial charge on any atom is 0.316 e. The predicted molar refractivity (Wildman–Crippen MR) is 104 cm³/mol. The van der Waals surface area contributed by atoms with E-state index in [1.807, 2.05) is 0 Å². The molecule has 0 spiro atoms. The van der Waals surface area contributed by atoms with Gasteiger partial charge in [-0.1, -0.05) is 11.6 Å². The zero-order chi connectivity index (χ0) is 21.1. The van der Waals surface area contributed by atoms with E-state index in [4.69, 9.17) is 25.8 Å². The maximum absolute atomic E-state index is 12.6. The molecule has 1 aliphatic rings. The summed E-state index contributed by atoms with van der Waals surface area (Å²) in [4.78, 5) is 37.0. The Morgan fingerprint density at radius 3 is 2.55 bits per heavy atom. The number of anilines is 1. The number of nitrogens with zero attached hydrogens (tertiary/aromatic N) is 2. The van der Waals surface area contributed by atoms with E-state index in [-0.39, 0.29) is 30.4 Å². The van der Waals surface area contributed by atoms with Crippen molar-refractivity contribution < 1.29 is 28.7 Å². The predicted octanol–water partition coefficient (Wildman–Crippen LogP) is 3.22. The molecule has 0 aliphatic carbocycles. The van der Waals surface area contributed by atoms with Gasteiger partial charge in [0, 0.05) is 18.0 Å². The topological polar surface area (TPSA) is 108 Å². The number of esters is 1. The van der Waals surface area contributed by atoms with Gasteiger partial charge in [-0.25, -0.2) is 0 Å². The highest BCUT2D eigenvalue weighted by Crippen LogP contribution is 2.36. The molecular weight excluding hydrogens is 404 g/mol. The van der Waals surface area contributed by atoms with Crippen molar-refractivity contribution in [1.82, 2.24) is 0 Å². The lowest BCUT2D eigenvalue weighted by molar-refractivity contribution is -0.385. The van der Waals surface area contributed by atoms with Crippen LogP contribution < -0.4 is 19.1 Å². The monoisotopic (exact) mass is 420 g/mol. The van der Waals surface area contributed by atoms with E-state index >= 15 is 0 Å². The second kappa shape index (κ2) is 8.36. The van der Waals surface area contributed by atoms with Gasteiger partial charge in [0.15, 0.2) is 0 Å². The summed E-state index contributed by atoms with van der Waals surface area (Å²) in [5, 5.41) is 11.7. The van der Waals surface area contributed by atoms with Gasteiger partial charge in [0.25, 0.3) is 0 Å². The van der Waals surface area contributed by atoms with E-state index in [0.717, 1.165) is 6.07 Å². The van der Waals surface area contributed by atoms with Crippen LogP contribution in [0.4, 0.5) is 11.4 Å². The number of hydrogen-bond donors (Lipinski definition) is 0. The van der Waals surface area contributed by atoms with E-state index in [0.29, 0.717) is 16.5 Å². The summed E-state index contributed by atoms with van der Waals surface area (Å²) in [7, 11) is 2.83. The third-order valence-electron chi connectivity index (χ3n) is 4.46. The van der Waals surface area contributed by atoms with Crippen LogP contribution in [0.5, 0.6) is 17.2 Å². The summed E-state index contributed by atoms with van der Waals surface area (Å²) in [6, 6.07) is 8.70. The van der Waals surface area contributed by atoms with E-state index < -0.39 is 22.5 Å². The number of rotatable bonds is 6. The average molecular weight is 421 g/mol. The summed E-state index contributed by atoms with van der Waals surface area (Å²) in [5.74, 6) is -1.37. The van der Waals surface area contributed by atoms with Gasteiger partial charge in [0.05, 0.1) is 36.8 Å². The number of ether oxygens (including phenoxy) is 3. The van der Waals surface area contributed by atoms with Crippen molar-refractivity contribution >= 4 is 34.9 Å². The molecule has 0 bridgehead atoms. The molecule has 1 fully saturated rings. The van der Waals surface area contributed by atoms with Crippen molar-refractivity contribution in [2.24, 2.45) is 5.92 Å². The summed E-state index contributed by atoms with van der Waals surface area (Å²) < 4.78 is 15.4. The molecule has 10 heteroatoms. The molecule has 152 valence electrons. The Morgan fingerprint density at radius 1 is 1.17 bits per heavy atom. The fourth-order valence-corrected chi connectivity index (χ4v) is 3.18. The quantitative estimate of drug-likeness (QED) is 0.305. The standard InChI is InChI=1S/C19H17ClN2O7/c1-27-13-4-6-17(15(9-13)22(25)26)29-19(24)11-7-18(23)21(10-11)14-8-12(20)3-5-16(14)28-2/h3-6,8-9,11H,7,10H2,1-2H3. The molecule has 3 rings (SSSR count). The third-order valence-corrected chi connectivity index (χ3v) is 4.70. The van der Waals surface area contributed by atoms with Gasteiger partial charge in [0.1, 0.15) is 11.5 Å².